The van der Waals surface area contributed by atoms with Gasteiger partial charge in [-0.25, -0.2) is 4.79 Å². The number of terminal acetylenes is 1. The molecule has 0 heterocycles. The third kappa shape index (κ3) is 5.70. The number of carbonyl (C=O) groups excluding carboxylic acids is 1. The lowest BCUT2D eigenvalue weighted by Crippen LogP contribution is -2.36. The van der Waals surface area contributed by atoms with E-state index in [9.17, 15) is 9.59 Å². The topological polar surface area (TPSA) is 86.6 Å². The summed E-state index contributed by atoms with van der Waals surface area (Å²) in [5.74, 6) is 0.543. The monoisotopic (exact) mass is 185 g/mol. The molecule has 1 atom stereocenters. The van der Waals surface area contributed by atoms with Gasteiger partial charge in [-0.2, -0.15) is 0 Å². The van der Waals surface area contributed by atoms with E-state index in [-0.39, 0.29) is 18.9 Å². The van der Waals surface area contributed by atoms with Crippen molar-refractivity contribution in [1.29, 1.82) is 0 Å². The zero-order chi connectivity index (χ0) is 10.3. The van der Waals surface area contributed by atoms with Crippen molar-refractivity contribution >= 4 is 11.9 Å². The molecule has 0 bridgehead atoms. The summed E-state index contributed by atoms with van der Waals surface area (Å²) in [7, 11) is 0. The molecule has 0 aliphatic heterocycles. The first-order chi connectivity index (χ1) is 6.07. The molecule has 0 rings (SSSR count). The number of hydrogen-bond donors (Lipinski definition) is 3. The molecular formula is C8H11NO4. The van der Waals surface area contributed by atoms with Crippen LogP contribution in [0.3, 0.4) is 0 Å². The summed E-state index contributed by atoms with van der Waals surface area (Å²) in [6.07, 6.45) is 3.79. The molecule has 0 unspecified atom stereocenters. The maximum Gasteiger partial charge on any atom is 0.334 e. The van der Waals surface area contributed by atoms with E-state index in [1.165, 1.54) is 0 Å². The van der Waals surface area contributed by atoms with Crippen LogP contribution in [-0.2, 0) is 9.59 Å². The van der Waals surface area contributed by atoms with E-state index in [2.05, 4.69) is 11.2 Å². The minimum Gasteiger partial charge on any atom is -0.479 e. The van der Waals surface area contributed by atoms with Gasteiger partial charge in [0.2, 0.25) is 5.91 Å². The van der Waals surface area contributed by atoms with Crippen molar-refractivity contribution in [2.24, 2.45) is 0 Å². The third-order valence-electron chi connectivity index (χ3n) is 1.27. The lowest BCUT2D eigenvalue weighted by atomic mass is 10.3. The van der Waals surface area contributed by atoms with Gasteiger partial charge in [0.15, 0.2) is 6.10 Å². The van der Waals surface area contributed by atoms with Crippen LogP contribution < -0.4 is 5.32 Å². The highest BCUT2D eigenvalue weighted by Crippen LogP contribution is 1.86. The van der Waals surface area contributed by atoms with Crippen molar-refractivity contribution < 1.29 is 19.8 Å². The van der Waals surface area contributed by atoms with E-state index in [0.717, 1.165) is 0 Å². The fourth-order valence-electron chi connectivity index (χ4n) is 0.572. The number of hydrogen-bond acceptors (Lipinski definition) is 3. The second-order valence-electron chi connectivity index (χ2n) is 2.36. The quantitative estimate of drug-likeness (QED) is 0.477. The molecule has 0 saturated carbocycles. The molecule has 0 aromatic rings. The second kappa shape index (κ2) is 6.03. The molecule has 13 heavy (non-hydrogen) atoms. The van der Waals surface area contributed by atoms with E-state index < -0.39 is 12.1 Å². The van der Waals surface area contributed by atoms with Gasteiger partial charge in [-0.3, -0.25) is 4.79 Å². The van der Waals surface area contributed by atoms with Crippen molar-refractivity contribution in [3.05, 3.63) is 0 Å². The molecule has 5 nitrogen and oxygen atoms in total. The summed E-state index contributed by atoms with van der Waals surface area (Å²) in [4.78, 5) is 20.9. The van der Waals surface area contributed by atoms with Crippen molar-refractivity contribution in [2.45, 2.75) is 18.9 Å². The fraction of sp³-hybridized carbons (Fsp3) is 0.500. The summed E-state index contributed by atoms with van der Waals surface area (Å²) >= 11 is 0. The van der Waals surface area contributed by atoms with Gasteiger partial charge in [-0.05, 0) is 0 Å². The Morgan fingerprint density at radius 1 is 1.54 bits per heavy atom. The maximum atomic E-state index is 10.8. The highest BCUT2D eigenvalue weighted by molar-refractivity contribution is 5.78. The highest BCUT2D eigenvalue weighted by Gasteiger charge is 2.13. The first-order valence-electron chi connectivity index (χ1n) is 3.69. The van der Waals surface area contributed by atoms with Crippen LogP contribution in [0.4, 0.5) is 0 Å². The van der Waals surface area contributed by atoms with E-state index in [0.29, 0.717) is 6.42 Å². The summed E-state index contributed by atoms with van der Waals surface area (Å²) in [5, 5.41) is 19.2. The van der Waals surface area contributed by atoms with Gasteiger partial charge in [0.25, 0.3) is 0 Å². The molecule has 0 saturated heterocycles. The van der Waals surface area contributed by atoms with Gasteiger partial charge in [-0.1, -0.05) is 0 Å². The first kappa shape index (κ1) is 11.5. The van der Waals surface area contributed by atoms with Crippen LogP contribution in [0.2, 0.25) is 0 Å². The smallest absolute Gasteiger partial charge is 0.334 e. The van der Waals surface area contributed by atoms with Gasteiger partial charge >= 0.3 is 5.97 Å². The number of aliphatic hydroxyl groups is 1. The molecule has 0 spiro atoms. The molecule has 0 aliphatic rings. The second-order valence-corrected chi connectivity index (χ2v) is 2.36. The Morgan fingerprint density at radius 3 is 2.62 bits per heavy atom. The average Bonchev–Trinajstić information content (AvgIpc) is 2.10. The predicted molar refractivity (Wildman–Crippen MR) is 44.7 cm³/mol. The molecule has 0 radical (unpaired) electrons. The van der Waals surface area contributed by atoms with Crippen molar-refractivity contribution in [3.63, 3.8) is 0 Å². The van der Waals surface area contributed by atoms with Crippen LogP contribution in [0.5, 0.6) is 0 Å². The molecule has 1 amide bonds. The Morgan fingerprint density at radius 2 is 2.15 bits per heavy atom. The van der Waals surface area contributed by atoms with Crippen LogP contribution in [0.15, 0.2) is 0 Å². The summed E-state index contributed by atoms with van der Waals surface area (Å²) in [5.41, 5.74) is 0. The number of carboxylic acids is 1. The Hall–Kier alpha value is -1.54. The SMILES string of the molecule is C#CCCC(=O)NC[C@H](O)C(=O)O. The van der Waals surface area contributed by atoms with E-state index in [1.54, 1.807) is 0 Å². The van der Waals surface area contributed by atoms with E-state index in [1.807, 2.05) is 0 Å². The molecule has 0 aromatic heterocycles. The highest BCUT2D eigenvalue weighted by atomic mass is 16.4. The summed E-state index contributed by atoms with van der Waals surface area (Å²) < 4.78 is 0. The number of amides is 1. The van der Waals surface area contributed by atoms with E-state index in [4.69, 9.17) is 16.6 Å². The number of carboxylic acid groups (broad SMARTS) is 1. The Bertz CT molecular complexity index is 231. The molecule has 3 N–H and O–H groups in total. The van der Waals surface area contributed by atoms with Gasteiger partial charge in [0, 0.05) is 12.8 Å². The van der Waals surface area contributed by atoms with Crippen molar-refractivity contribution in [3.8, 4) is 12.3 Å². The molecule has 5 heteroatoms. The predicted octanol–water partition coefficient (Wildman–Crippen LogP) is -1.04. The van der Waals surface area contributed by atoms with Gasteiger partial charge in [0.05, 0.1) is 6.54 Å². The van der Waals surface area contributed by atoms with Crippen molar-refractivity contribution in [2.75, 3.05) is 6.54 Å². The Labute approximate surface area is 75.8 Å². The van der Waals surface area contributed by atoms with Gasteiger partial charge in [0.1, 0.15) is 0 Å². The lowest BCUT2D eigenvalue weighted by molar-refractivity contribution is -0.146. The normalized spacial score (nSPS) is 11.4. The van der Waals surface area contributed by atoms with Gasteiger partial charge < -0.3 is 15.5 Å². The third-order valence-corrected chi connectivity index (χ3v) is 1.27. The summed E-state index contributed by atoms with van der Waals surface area (Å²) in [6.45, 7) is -0.293. The molecule has 0 aliphatic carbocycles. The number of carbonyl (C=O) groups is 2. The minimum absolute atomic E-state index is 0.142. The standard InChI is InChI=1S/C8H11NO4/c1-2-3-4-7(11)9-5-6(10)8(12)13/h1,6,10H,3-5H2,(H,9,11)(H,12,13)/t6-/m0/s1. The van der Waals surface area contributed by atoms with Crippen LogP contribution in [0.25, 0.3) is 0 Å². The fourth-order valence-corrected chi connectivity index (χ4v) is 0.572. The zero-order valence-corrected chi connectivity index (χ0v) is 6.99. The van der Waals surface area contributed by atoms with Crippen LogP contribution in [0.1, 0.15) is 12.8 Å². The lowest BCUT2D eigenvalue weighted by Gasteiger charge is -2.06. The zero-order valence-electron chi connectivity index (χ0n) is 6.99. The number of aliphatic carboxylic acids is 1. The van der Waals surface area contributed by atoms with Crippen LogP contribution >= 0.6 is 0 Å². The summed E-state index contributed by atoms with van der Waals surface area (Å²) in [6, 6.07) is 0. The number of aliphatic hydroxyl groups excluding tert-OH is 1. The van der Waals surface area contributed by atoms with Crippen molar-refractivity contribution in [1.82, 2.24) is 5.32 Å². The molecule has 0 aromatic carbocycles. The minimum atomic E-state index is -1.56. The molecule has 72 valence electrons. The molecular weight excluding hydrogens is 174 g/mol. The Kier molecular flexibility index (Phi) is 5.32. The van der Waals surface area contributed by atoms with Crippen LogP contribution in [0, 0.1) is 12.3 Å². The Balaban J connectivity index is 3.59. The average molecular weight is 185 g/mol. The maximum absolute atomic E-state index is 10.8. The molecule has 0 fully saturated rings. The number of rotatable bonds is 5. The number of nitrogens with one attached hydrogen (secondary N) is 1. The van der Waals surface area contributed by atoms with E-state index >= 15 is 0 Å². The largest absolute Gasteiger partial charge is 0.479 e. The van der Waals surface area contributed by atoms with Crippen LogP contribution in [-0.4, -0.2) is 34.7 Å². The first-order valence-corrected chi connectivity index (χ1v) is 3.69. The van der Waals surface area contributed by atoms with Gasteiger partial charge in [-0.15, -0.1) is 12.3 Å².